The average molecular weight is 248 g/mol. The van der Waals surface area contributed by atoms with Crippen LogP contribution in [0.4, 0.5) is 0 Å². The molecule has 1 unspecified atom stereocenters. The van der Waals surface area contributed by atoms with E-state index in [9.17, 15) is 4.79 Å². The zero-order chi connectivity index (χ0) is 9.84. The van der Waals surface area contributed by atoms with E-state index < -0.39 is 0 Å². The second-order valence-corrected chi connectivity index (χ2v) is 5.22. The van der Waals surface area contributed by atoms with Crippen LogP contribution in [0.3, 0.4) is 0 Å². The minimum absolute atomic E-state index is 0.0298. The number of carbonyl (C=O) groups is 1. The van der Waals surface area contributed by atoms with E-state index in [1.54, 1.807) is 0 Å². The Kier molecular flexibility index (Phi) is 4.23. The Bertz CT molecular complexity index is 178. The van der Waals surface area contributed by atoms with Gasteiger partial charge in [0.15, 0.2) is 0 Å². The lowest BCUT2D eigenvalue weighted by molar-refractivity contribution is -0.130. The van der Waals surface area contributed by atoms with Gasteiger partial charge in [-0.25, -0.2) is 0 Å². The SMILES string of the molecule is CCCN(CC1CC1)C(=O)C(C)Br. The molecule has 0 aromatic heterocycles. The van der Waals surface area contributed by atoms with E-state index in [1.165, 1.54) is 12.8 Å². The third-order valence-electron chi connectivity index (χ3n) is 2.32. The number of rotatable bonds is 5. The molecule has 0 spiro atoms. The summed E-state index contributed by atoms with van der Waals surface area (Å²) in [4.78, 5) is 13.6. The topological polar surface area (TPSA) is 20.3 Å². The first-order valence-corrected chi connectivity index (χ1v) is 5.99. The van der Waals surface area contributed by atoms with Crippen molar-refractivity contribution in [2.24, 2.45) is 5.92 Å². The van der Waals surface area contributed by atoms with Crippen LogP contribution in [0, 0.1) is 5.92 Å². The van der Waals surface area contributed by atoms with E-state index in [0.717, 1.165) is 25.4 Å². The fourth-order valence-electron chi connectivity index (χ4n) is 1.43. The van der Waals surface area contributed by atoms with E-state index in [4.69, 9.17) is 0 Å². The average Bonchev–Trinajstić information content (AvgIpc) is 2.86. The first-order valence-electron chi connectivity index (χ1n) is 5.08. The molecule has 1 fully saturated rings. The molecule has 13 heavy (non-hydrogen) atoms. The van der Waals surface area contributed by atoms with Gasteiger partial charge in [-0.1, -0.05) is 22.9 Å². The molecular weight excluding hydrogens is 230 g/mol. The Hall–Kier alpha value is -0.0500. The molecular formula is C10H18BrNO. The number of halogens is 1. The fraction of sp³-hybridized carbons (Fsp3) is 0.900. The van der Waals surface area contributed by atoms with Crippen molar-refractivity contribution in [3.8, 4) is 0 Å². The number of alkyl halides is 1. The quantitative estimate of drug-likeness (QED) is 0.684. The summed E-state index contributed by atoms with van der Waals surface area (Å²) in [5.74, 6) is 1.04. The predicted molar refractivity (Wildman–Crippen MR) is 58.0 cm³/mol. The van der Waals surface area contributed by atoms with Crippen molar-refractivity contribution in [1.29, 1.82) is 0 Å². The van der Waals surface area contributed by atoms with Crippen molar-refractivity contribution in [1.82, 2.24) is 4.90 Å². The highest BCUT2D eigenvalue weighted by Crippen LogP contribution is 2.30. The summed E-state index contributed by atoms with van der Waals surface area (Å²) in [5.41, 5.74) is 0. The Morgan fingerprint density at radius 2 is 2.23 bits per heavy atom. The van der Waals surface area contributed by atoms with Gasteiger partial charge in [-0.05, 0) is 32.1 Å². The maximum atomic E-state index is 11.7. The third-order valence-corrected chi connectivity index (χ3v) is 2.71. The molecule has 0 aromatic rings. The normalized spacial score (nSPS) is 18.4. The summed E-state index contributed by atoms with van der Waals surface area (Å²) in [6, 6.07) is 0. The van der Waals surface area contributed by atoms with E-state index in [2.05, 4.69) is 22.9 Å². The summed E-state index contributed by atoms with van der Waals surface area (Å²) < 4.78 is 0. The van der Waals surface area contributed by atoms with E-state index in [1.807, 2.05) is 11.8 Å². The molecule has 0 saturated heterocycles. The van der Waals surface area contributed by atoms with Crippen LogP contribution in [-0.4, -0.2) is 28.7 Å². The standard InChI is InChI=1S/C10H18BrNO/c1-3-6-12(7-9-4-5-9)10(13)8(2)11/h8-9H,3-7H2,1-2H3. The number of hydrogen-bond acceptors (Lipinski definition) is 1. The minimum atomic E-state index is -0.0298. The molecule has 1 amide bonds. The maximum Gasteiger partial charge on any atom is 0.236 e. The highest BCUT2D eigenvalue weighted by Gasteiger charge is 2.27. The van der Waals surface area contributed by atoms with Crippen molar-refractivity contribution < 1.29 is 4.79 Å². The molecule has 0 heterocycles. The largest absolute Gasteiger partial charge is 0.341 e. The minimum Gasteiger partial charge on any atom is -0.341 e. The molecule has 1 rings (SSSR count). The van der Waals surface area contributed by atoms with E-state index in [0.29, 0.717) is 0 Å². The molecule has 0 bridgehead atoms. The fourth-order valence-corrected chi connectivity index (χ4v) is 1.71. The predicted octanol–water partition coefficient (Wildman–Crippen LogP) is 2.42. The molecule has 1 aliphatic carbocycles. The third kappa shape index (κ3) is 3.67. The number of nitrogens with zero attached hydrogens (tertiary/aromatic N) is 1. The number of carbonyl (C=O) groups excluding carboxylic acids is 1. The van der Waals surface area contributed by atoms with Crippen LogP contribution < -0.4 is 0 Å². The van der Waals surface area contributed by atoms with Gasteiger partial charge in [0.05, 0.1) is 4.83 Å². The lowest BCUT2D eigenvalue weighted by Gasteiger charge is -2.23. The van der Waals surface area contributed by atoms with Gasteiger partial charge >= 0.3 is 0 Å². The van der Waals surface area contributed by atoms with Crippen LogP contribution in [-0.2, 0) is 4.79 Å². The second-order valence-electron chi connectivity index (χ2n) is 3.84. The van der Waals surface area contributed by atoms with Gasteiger partial charge in [0, 0.05) is 13.1 Å². The van der Waals surface area contributed by atoms with Crippen molar-refractivity contribution in [3.05, 3.63) is 0 Å². The van der Waals surface area contributed by atoms with Gasteiger partial charge in [0.2, 0.25) is 5.91 Å². The lowest BCUT2D eigenvalue weighted by Crippen LogP contribution is -2.37. The summed E-state index contributed by atoms with van der Waals surface area (Å²) in [6.07, 6.45) is 3.67. The van der Waals surface area contributed by atoms with Gasteiger partial charge in [0.1, 0.15) is 0 Å². The van der Waals surface area contributed by atoms with Crippen LogP contribution in [0.5, 0.6) is 0 Å². The second kappa shape index (κ2) is 4.99. The van der Waals surface area contributed by atoms with Crippen LogP contribution in [0.25, 0.3) is 0 Å². The first-order chi connectivity index (χ1) is 6.15. The van der Waals surface area contributed by atoms with Crippen LogP contribution in [0.15, 0.2) is 0 Å². The molecule has 3 heteroatoms. The lowest BCUT2D eigenvalue weighted by atomic mass is 10.3. The highest BCUT2D eigenvalue weighted by molar-refractivity contribution is 9.10. The molecule has 2 nitrogen and oxygen atoms in total. The van der Waals surface area contributed by atoms with Crippen molar-refractivity contribution in [2.45, 2.75) is 37.9 Å². The molecule has 0 aliphatic heterocycles. The summed E-state index contributed by atoms with van der Waals surface area (Å²) in [5, 5.41) is 0. The maximum absolute atomic E-state index is 11.7. The van der Waals surface area contributed by atoms with E-state index >= 15 is 0 Å². The Morgan fingerprint density at radius 1 is 1.62 bits per heavy atom. The van der Waals surface area contributed by atoms with Gasteiger partial charge in [-0.3, -0.25) is 4.79 Å². The first kappa shape index (κ1) is 11.0. The summed E-state index contributed by atoms with van der Waals surface area (Å²) in [6.45, 7) is 5.90. The van der Waals surface area contributed by atoms with Gasteiger partial charge < -0.3 is 4.90 Å². The van der Waals surface area contributed by atoms with Crippen molar-refractivity contribution in [3.63, 3.8) is 0 Å². The number of amides is 1. The van der Waals surface area contributed by atoms with Crippen molar-refractivity contribution in [2.75, 3.05) is 13.1 Å². The number of hydrogen-bond donors (Lipinski definition) is 0. The molecule has 0 N–H and O–H groups in total. The molecule has 1 atom stereocenters. The molecule has 76 valence electrons. The molecule has 0 radical (unpaired) electrons. The zero-order valence-corrected chi connectivity index (χ0v) is 10.0. The molecule has 1 aliphatic rings. The monoisotopic (exact) mass is 247 g/mol. The Labute approximate surface area is 88.8 Å². The van der Waals surface area contributed by atoms with Gasteiger partial charge in [-0.15, -0.1) is 0 Å². The van der Waals surface area contributed by atoms with Crippen LogP contribution >= 0.6 is 15.9 Å². The smallest absolute Gasteiger partial charge is 0.236 e. The molecule has 1 saturated carbocycles. The summed E-state index contributed by atoms with van der Waals surface area (Å²) >= 11 is 3.33. The Balaban J connectivity index is 2.39. The van der Waals surface area contributed by atoms with E-state index in [-0.39, 0.29) is 10.7 Å². The van der Waals surface area contributed by atoms with Gasteiger partial charge in [0.25, 0.3) is 0 Å². The zero-order valence-electron chi connectivity index (χ0n) is 8.42. The van der Waals surface area contributed by atoms with Crippen LogP contribution in [0.1, 0.15) is 33.1 Å². The van der Waals surface area contributed by atoms with Gasteiger partial charge in [-0.2, -0.15) is 0 Å². The van der Waals surface area contributed by atoms with Crippen molar-refractivity contribution >= 4 is 21.8 Å². The highest BCUT2D eigenvalue weighted by atomic mass is 79.9. The summed E-state index contributed by atoms with van der Waals surface area (Å²) in [7, 11) is 0. The molecule has 0 aromatic carbocycles. The van der Waals surface area contributed by atoms with Crippen LogP contribution in [0.2, 0.25) is 0 Å². The Morgan fingerprint density at radius 3 is 2.62 bits per heavy atom.